The predicted molar refractivity (Wildman–Crippen MR) is 97.2 cm³/mol. The summed E-state index contributed by atoms with van der Waals surface area (Å²) in [7, 11) is 0. The van der Waals surface area contributed by atoms with E-state index in [-0.39, 0.29) is 23.7 Å². The summed E-state index contributed by atoms with van der Waals surface area (Å²) in [5, 5.41) is 3.09. The Kier molecular flexibility index (Phi) is 4.78. The third-order valence-corrected chi connectivity index (χ3v) is 6.03. The Morgan fingerprint density at radius 2 is 1.92 bits per heavy atom. The highest BCUT2D eigenvalue weighted by Crippen LogP contribution is 2.34. The first-order chi connectivity index (χ1) is 12.2. The minimum Gasteiger partial charge on any atom is -0.356 e. The smallest absolute Gasteiger partial charge is 0.230 e. The number of piperidine rings is 1. The number of amides is 2. The van der Waals surface area contributed by atoms with E-state index in [1.54, 1.807) is 0 Å². The molecule has 1 heterocycles. The van der Waals surface area contributed by atoms with E-state index in [0.29, 0.717) is 12.5 Å². The van der Waals surface area contributed by atoms with Gasteiger partial charge in [0.1, 0.15) is 0 Å². The van der Waals surface area contributed by atoms with Crippen LogP contribution >= 0.6 is 0 Å². The van der Waals surface area contributed by atoms with E-state index in [1.165, 1.54) is 24.0 Å². The second-order valence-corrected chi connectivity index (χ2v) is 7.96. The molecule has 0 unspecified atom stereocenters. The van der Waals surface area contributed by atoms with Crippen LogP contribution in [0.2, 0.25) is 0 Å². The summed E-state index contributed by atoms with van der Waals surface area (Å²) in [4.78, 5) is 27.5. The van der Waals surface area contributed by atoms with Crippen LogP contribution in [-0.4, -0.2) is 36.3 Å². The number of hydrogen-bond acceptors (Lipinski definition) is 2. The van der Waals surface area contributed by atoms with Gasteiger partial charge in [-0.3, -0.25) is 9.59 Å². The van der Waals surface area contributed by atoms with Crippen LogP contribution in [0.3, 0.4) is 0 Å². The lowest BCUT2D eigenvalue weighted by Gasteiger charge is -2.36. The first-order valence-electron chi connectivity index (χ1n) is 9.86. The summed E-state index contributed by atoms with van der Waals surface area (Å²) in [5.74, 6) is 1.03. The minimum atomic E-state index is -0.0321. The van der Waals surface area contributed by atoms with Crippen LogP contribution in [0.5, 0.6) is 0 Å². The molecule has 4 rings (SSSR count). The summed E-state index contributed by atoms with van der Waals surface area (Å²) in [6.45, 7) is 2.21. The molecule has 1 aromatic rings. The zero-order valence-corrected chi connectivity index (χ0v) is 14.9. The van der Waals surface area contributed by atoms with Gasteiger partial charge in [-0.1, -0.05) is 24.3 Å². The van der Waals surface area contributed by atoms with E-state index in [1.807, 2.05) is 11.0 Å². The fraction of sp³-hybridized carbons (Fsp3) is 0.619. The van der Waals surface area contributed by atoms with E-state index < -0.39 is 0 Å². The number of likely N-dealkylation sites (tertiary alicyclic amines) is 1. The van der Waals surface area contributed by atoms with Crippen molar-refractivity contribution in [3.8, 4) is 0 Å². The molecule has 4 nitrogen and oxygen atoms in total. The Balaban J connectivity index is 1.41. The Bertz CT molecular complexity index is 653. The zero-order chi connectivity index (χ0) is 17.2. The molecule has 134 valence electrons. The maximum atomic E-state index is 13.2. The van der Waals surface area contributed by atoms with Gasteiger partial charge < -0.3 is 10.2 Å². The average molecular weight is 340 g/mol. The molecule has 0 bridgehead atoms. The van der Waals surface area contributed by atoms with E-state index in [9.17, 15) is 9.59 Å². The molecule has 0 radical (unpaired) electrons. The topological polar surface area (TPSA) is 49.4 Å². The van der Waals surface area contributed by atoms with Gasteiger partial charge in [0.25, 0.3) is 0 Å². The molecular formula is C21H28N2O2. The van der Waals surface area contributed by atoms with Crippen LogP contribution < -0.4 is 5.32 Å². The summed E-state index contributed by atoms with van der Waals surface area (Å²) < 4.78 is 0. The van der Waals surface area contributed by atoms with Crippen molar-refractivity contribution < 1.29 is 9.59 Å². The number of carbonyl (C=O) groups excluding carboxylic acids is 2. The molecule has 25 heavy (non-hydrogen) atoms. The largest absolute Gasteiger partial charge is 0.356 e. The molecule has 1 aliphatic heterocycles. The molecule has 2 aliphatic carbocycles. The number of hydrogen-bond donors (Lipinski definition) is 1. The number of nitrogens with one attached hydrogen (secondary N) is 1. The highest BCUT2D eigenvalue weighted by atomic mass is 16.2. The second-order valence-electron chi connectivity index (χ2n) is 7.96. The normalized spacial score (nSPS) is 26.0. The van der Waals surface area contributed by atoms with Crippen LogP contribution in [-0.2, 0) is 16.0 Å². The van der Waals surface area contributed by atoms with Crippen LogP contribution in [0, 0.1) is 11.8 Å². The van der Waals surface area contributed by atoms with Crippen LogP contribution in [0.15, 0.2) is 24.3 Å². The maximum Gasteiger partial charge on any atom is 0.230 e. The third-order valence-electron chi connectivity index (χ3n) is 6.03. The molecular weight excluding hydrogens is 312 g/mol. The van der Waals surface area contributed by atoms with Gasteiger partial charge in [-0.2, -0.15) is 0 Å². The minimum absolute atomic E-state index is 0.0155. The van der Waals surface area contributed by atoms with Crippen LogP contribution in [0.25, 0.3) is 0 Å². The number of benzene rings is 1. The van der Waals surface area contributed by atoms with E-state index in [4.69, 9.17) is 0 Å². The van der Waals surface area contributed by atoms with Crippen molar-refractivity contribution in [1.82, 2.24) is 10.2 Å². The summed E-state index contributed by atoms with van der Waals surface area (Å²) in [6, 6.07) is 8.36. The Morgan fingerprint density at radius 3 is 2.76 bits per heavy atom. The highest BCUT2D eigenvalue weighted by Gasteiger charge is 2.34. The molecule has 1 N–H and O–H groups in total. The van der Waals surface area contributed by atoms with Crippen molar-refractivity contribution >= 4 is 11.8 Å². The van der Waals surface area contributed by atoms with Crippen molar-refractivity contribution in [1.29, 1.82) is 0 Å². The van der Waals surface area contributed by atoms with E-state index in [2.05, 4.69) is 23.5 Å². The van der Waals surface area contributed by atoms with Crippen molar-refractivity contribution in [2.24, 2.45) is 11.8 Å². The van der Waals surface area contributed by atoms with Gasteiger partial charge >= 0.3 is 0 Å². The average Bonchev–Trinajstić information content (AvgIpc) is 3.49. The van der Waals surface area contributed by atoms with Gasteiger partial charge in [-0.05, 0) is 62.0 Å². The Hall–Kier alpha value is -1.84. The maximum absolute atomic E-state index is 13.2. The summed E-state index contributed by atoms with van der Waals surface area (Å²) >= 11 is 0. The molecule has 0 spiro atoms. The van der Waals surface area contributed by atoms with Crippen LogP contribution in [0.4, 0.5) is 0 Å². The molecule has 1 saturated carbocycles. The molecule has 2 atom stereocenters. The van der Waals surface area contributed by atoms with Gasteiger partial charge in [-0.25, -0.2) is 0 Å². The lowest BCUT2D eigenvalue weighted by Crippen LogP contribution is -2.47. The molecule has 4 heteroatoms. The van der Waals surface area contributed by atoms with Crippen molar-refractivity contribution in [2.75, 3.05) is 19.6 Å². The van der Waals surface area contributed by atoms with Gasteiger partial charge in [0, 0.05) is 19.6 Å². The van der Waals surface area contributed by atoms with Gasteiger partial charge in [-0.15, -0.1) is 0 Å². The predicted octanol–water partition coefficient (Wildman–Crippen LogP) is 2.87. The monoisotopic (exact) mass is 340 g/mol. The second kappa shape index (κ2) is 7.19. The van der Waals surface area contributed by atoms with E-state index in [0.717, 1.165) is 45.2 Å². The Labute approximate surface area is 150 Å². The SMILES string of the molecule is O=C(NCC1CC1)[C@H]1CCCN(C(=O)[C@H]2CCCc3ccccc32)C1. The quantitative estimate of drug-likeness (QED) is 0.916. The van der Waals surface area contributed by atoms with Crippen molar-refractivity contribution in [3.05, 3.63) is 35.4 Å². The van der Waals surface area contributed by atoms with Crippen molar-refractivity contribution in [2.45, 2.75) is 50.9 Å². The lowest BCUT2D eigenvalue weighted by molar-refractivity contribution is -0.137. The molecule has 3 aliphatic rings. The highest BCUT2D eigenvalue weighted by molar-refractivity contribution is 5.86. The van der Waals surface area contributed by atoms with Gasteiger partial charge in [0.05, 0.1) is 11.8 Å². The Morgan fingerprint density at radius 1 is 1.08 bits per heavy atom. The number of nitrogens with zero attached hydrogens (tertiary/aromatic N) is 1. The number of aryl methyl sites for hydroxylation is 1. The zero-order valence-electron chi connectivity index (χ0n) is 14.9. The van der Waals surface area contributed by atoms with Crippen molar-refractivity contribution in [3.63, 3.8) is 0 Å². The number of fused-ring (bicyclic) bond motifs is 1. The third kappa shape index (κ3) is 3.73. The lowest BCUT2D eigenvalue weighted by atomic mass is 9.81. The molecule has 0 aromatic heterocycles. The summed E-state index contributed by atoms with van der Waals surface area (Å²) in [6.07, 6.45) is 7.42. The fourth-order valence-electron chi connectivity index (χ4n) is 4.33. The fourth-order valence-corrected chi connectivity index (χ4v) is 4.33. The molecule has 2 amide bonds. The molecule has 2 fully saturated rings. The molecule has 1 aromatic carbocycles. The molecule has 1 saturated heterocycles. The first-order valence-corrected chi connectivity index (χ1v) is 9.86. The van der Waals surface area contributed by atoms with Gasteiger partial charge in [0.2, 0.25) is 11.8 Å². The summed E-state index contributed by atoms with van der Waals surface area (Å²) in [5.41, 5.74) is 2.53. The number of rotatable bonds is 4. The standard InChI is InChI=1S/C21H28N2O2/c24-20(22-13-15-10-11-15)17-7-4-12-23(14-17)21(25)19-9-3-6-16-5-1-2-8-18(16)19/h1-2,5,8,15,17,19H,3-4,6-7,9-14H2,(H,22,24)/t17-,19-/m0/s1. The van der Waals surface area contributed by atoms with Crippen LogP contribution in [0.1, 0.15) is 55.6 Å². The van der Waals surface area contributed by atoms with Gasteiger partial charge in [0.15, 0.2) is 0 Å². The first kappa shape index (κ1) is 16.6. The number of carbonyl (C=O) groups is 2. The van der Waals surface area contributed by atoms with E-state index >= 15 is 0 Å².